The minimum atomic E-state index is -0.272. The van der Waals surface area contributed by atoms with E-state index in [-0.39, 0.29) is 29.4 Å². The molecule has 0 aromatic rings. The van der Waals surface area contributed by atoms with Crippen LogP contribution in [0, 0.1) is 11.3 Å². The Morgan fingerprint density at radius 2 is 2.06 bits per heavy atom. The fraction of sp³-hybridized carbons (Fsp3) is 0.692. The molecule has 1 saturated carbocycles. The molecule has 2 atom stereocenters. The predicted molar refractivity (Wildman–Crippen MR) is 61.1 cm³/mol. The second-order valence-electron chi connectivity index (χ2n) is 5.08. The van der Waals surface area contributed by atoms with Gasteiger partial charge in [0, 0.05) is 6.92 Å². The minimum absolute atomic E-state index is 0.0218. The summed E-state index contributed by atoms with van der Waals surface area (Å²) in [7, 11) is 1.42. The van der Waals surface area contributed by atoms with Crippen LogP contribution in [0.2, 0.25) is 0 Å². The first-order valence-electron chi connectivity index (χ1n) is 5.92. The van der Waals surface area contributed by atoms with Crippen LogP contribution in [-0.4, -0.2) is 25.2 Å². The monoisotopic (exact) mass is 238 g/mol. The van der Waals surface area contributed by atoms with Gasteiger partial charge in [-0.25, -0.2) is 0 Å². The Morgan fingerprint density at radius 1 is 1.41 bits per heavy atom. The highest BCUT2D eigenvalue weighted by Crippen LogP contribution is 2.60. The number of methoxy groups -OCH3 is 1. The van der Waals surface area contributed by atoms with Gasteiger partial charge in [0.2, 0.25) is 0 Å². The van der Waals surface area contributed by atoms with E-state index < -0.39 is 0 Å². The molecular weight excluding hydrogens is 220 g/mol. The van der Waals surface area contributed by atoms with Gasteiger partial charge < -0.3 is 9.47 Å². The average Bonchev–Trinajstić information content (AvgIpc) is 2.95. The summed E-state index contributed by atoms with van der Waals surface area (Å²) in [5.41, 5.74) is 0.943. The molecule has 0 amide bonds. The summed E-state index contributed by atoms with van der Waals surface area (Å²) in [6, 6.07) is 0. The third-order valence-electron chi connectivity index (χ3n) is 3.77. The Balaban J connectivity index is 2.20. The average molecular weight is 238 g/mol. The minimum Gasteiger partial charge on any atom is -0.469 e. The number of rotatable bonds is 2. The highest BCUT2D eigenvalue weighted by molar-refractivity contribution is 5.78. The summed E-state index contributed by atoms with van der Waals surface area (Å²) < 4.78 is 10.1. The number of hydrogen-bond donors (Lipinski definition) is 0. The predicted octanol–water partition coefficient (Wildman–Crippen LogP) is 1.84. The molecule has 2 rings (SSSR count). The molecule has 2 unspecified atom stereocenters. The largest absolute Gasteiger partial charge is 0.469 e. The molecular formula is C13H18O4. The molecule has 0 radical (unpaired) electrons. The van der Waals surface area contributed by atoms with Crippen LogP contribution in [0.1, 0.15) is 33.1 Å². The van der Waals surface area contributed by atoms with Crippen LogP contribution in [0.5, 0.6) is 0 Å². The number of carbonyl (C=O) groups is 2. The molecule has 2 aliphatic carbocycles. The fourth-order valence-corrected chi connectivity index (χ4v) is 2.95. The molecule has 1 spiro atoms. The Hall–Kier alpha value is -1.32. The van der Waals surface area contributed by atoms with Crippen LogP contribution in [0.4, 0.5) is 0 Å². The Labute approximate surface area is 101 Å². The van der Waals surface area contributed by atoms with Crippen molar-refractivity contribution >= 4 is 11.9 Å². The van der Waals surface area contributed by atoms with Crippen molar-refractivity contribution in [3.05, 3.63) is 11.6 Å². The van der Waals surface area contributed by atoms with E-state index in [9.17, 15) is 9.59 Å². The van der Waals surface area contributed by atoms with Crippen LogP contribution in [-0.2, 0) is 19.1 Å². The number of esters is 2. The molecule has 0 bridgehead atoms. The smallest absolute Gasteiger partial charge is 0.313 e. The van der Waals surface area contributed by atoms with Crippen LogP contribution in [0.25, 0.3) is 0 Å². The number of carbonyl (C=O) groups excluding carboxylic acids is 2. The zero-order valence-electron chi connectivity index (χ0n) is 10.5. The standard InChI is InChI=1S/C13H18O4/c1-8-6-10(17-9(2)14)7-13(4-5-13)11(8)12(15)16-3/h6,10-11H,4-5,7H2,1-3H3. The molecule has 0 heterocycles. The van der Waals surface area contributed by atoms with Gasteiger partial charge in [0.15, 0.2) is 0 Å². The van der Waals surface area contributed by atoms with Crippen LogP contribution in [0.15, 0.2) is 11.6 Å². The van der Waals surface area contributed by atoms with Crippen LogP contribution in [0.3, 0.4) is 0 Å². The first-order chi connectivity index (χ1) is 7.98. The van der Waals surface area contributed by atoms with E-state index >= 15 is 0 Å². The molecule has 0 aromatic carbocycles. The molecule has 0 N–H and O–H groups in total. The normalized spacial score (nSPS) is 29.5. The van der Waals surface area contributed by atoms with Crippen molar-refractivity contribution < 1.29 is 19.1 Å². The molecule has 94 valence electrons. The van der Waals surface area contributed by atoms with E-state index in [1.165, 1.54) is 14.0 Å². The topological polar surface area (TPSA) is 52.6 Å². The van der Waals surface area contributed by atoms with Crippen molar-refractivity contribution in [1.29, 1.82) is 0 Å². The van der Waals surface area contributed by atoms with Crippen molar-refractivity contribution in [2.75, 3.05) is 7.11 Å². The molecule has 2 aliphatic rings. The number of hydrogen-bond acceptors (Lipinski definition) is 4. The van der Waals surface area contributed by atoms with Crippen molar-refractivity contribution in [2.45, 2.75) is 39.2 Å². The molecule has 17 heavy (non-hydrogen) atoms. The quantitative estimate of drug-likeness (QED) is 0.544. The maximum Gasteiger partial charge on any atom is 0.313 e. The molecule has 4 heteroatoms. The van der Waals surface area contributed by atoms with Gasteiger partial charge in [0.25, 0.3) is 0 Å². The Bertz CT molecular complexity index is 379. The lowest BCUT2D eigenvalue weighted by Gasteiger charge is -2.33. The van der Waals surface area contributed by atoms with Gasteiger partial charge >= 0.3 is 11.9 Å². The van der Waals surface area contributed by atoms with E-state index in [4.69, 9.17) is 9.47 Å². The van der Waals surface area contributed by atoms with Crippen molar-refractivity contribution in [3.8, 4) is 0 Å². The van der Waals surface area contributed by atoms with Gasteiger partial charge in [-0.05, 0) is 37.7 Å². The van der Waals surface area contributed by atoms with E-state index in [0.717, 1.165) is 24.8 Å². The zero-order valence-corrected chi connectivity index (χ0v) is 10.5. The SMILES string of the molecule is COC(=O)C1C(C)=CC(OC(C)=O)CC12CC2. The van der Waals surface area contributed by atoms with E-state index in [2.05, 4.69) is 0 Å². The second kappa shape index (κ2) is 4.17. The third kappa shape index (κ3) is 2.21. The van der Waals surface area contributed by atoms with Crippen LogP contribution < -0.4 is 0 Å². The van der Waals surface area contributed by atoms with Gasteiger partial charge in [-0.3, -0.25) is 9.59 Å². The number of ether oxygens (including phenoxy) is 2. The van der Waals surface area contributed by atoms with E-state index in [0.29, 0.717) is 0 Å². The lowest BCUT2D eigenvalue weighted by Crippen LogP contribution is -2.35. The van der Waals surface area contributed by atoms with Crippen molar-refractivity contribution in [1.82, 2.24) is 0 Å². The Morgan fingerprint density at radius 3 is 2.53 bits per heavy atom. The molecule has 4 nitrogen and oxygen atoms in total. The molecule has 1 fully saturated rings. The molecule has 0 saturated heterocycles. The molecule has 0 aromatic heterocycles. The van der Waals surface area contributed by atoms with Gasteiger partial charge in [0.1, 0.15) is 6.10 Å². The van der Waals surface area contributed by atoms with Gasteiger partial charge in [-0.2, -0.15) is 0 Å². The maximum atomic E-state index is 11.8. The summed E-state index contributed by atoms with van der Waals surface area (Å²) in [4.78, 5) is 22.8. The highest BCUT2D eigenvalue weighted by Gasteiger charge is 2.56. The first kappa shape index (κ1) is 12.1. The second-order valence-corrected chi connectivity index (χ2v) is 5.08. The van der Waals surface area contributed by atoms with E-state index in [1.54, 1.807) is 0 Å². The highest BCUT2D eigenvalue weighted by atomic mass is 16.5. The summed E-state index contributed by atoms with van der Waals surface area (Å²) in [6.07, 6.45) is 4.46. The maximum absolute atomic E-state index is 11.8. The molecule has 0 aliphatic heterocycles. The van der Waals surface area contributed by atoms with Crippen molar-refractivity contribution in [2.24, 2.45) is 11.3 Å². The van der Waals surface area contributed by atoms with E-state index in [1.807, 2.05) is 13.0 Å². The lowest BCUT2D eigenvalue weighted by molar-refractivity contribution is -0.149. The summed E-state index contributed by atoms with van der Waals surface area (Å²) in [5, 5.41) is 0. The lowest BCUT2D eigenvalue weighted by atomic mass is 9.75. The fourth-order valence-electron chi connectivity index (χ4n) is 2.95. The Kier molecular flexibility index (Phi) is 2.98. The van der Waals surface area contributed by atoms with Crippen LogP contribution >= 0.6 is 0 Å². The summed E-state index contributed by atoms with van der Waals surface area (Å²) in [6.45, 7) is 3.33. The van der Waals surface area contributed by atoms with Crippen molar-refractivity contribution in [3.63, 3.8) is 0 Å². The van der Waals surface area contributed by atoms with Gasteiger partial charge in [0.05, 0.1) is 13.0 Å². The summed E-state index contributed by atoms with van der Waals surface area (Å²) >= 11 is 0. The zero-order chi connectivity index (χ0) is 12.6. The summed E-state index contributed by atoms with van der Waals surface area (Å²) in [5.74, 6) is -0.594. The van der Waals surface area contributed by atoms with Gasteiger partial charge in [-0.15, -0.1) is 0 Å². The third-order valence-corrected chi connectivity index (χ3v) is 3.77. The first-order valence-corrected chi connectivity index (χ1v) is 5.92. The van der Waals surface area contributed by atoms with Gasteiger partial charge in [-0.1, -0.05) is 5.57 Å².